The summed E-state index contributed by atoms with van der Waals surface area (Å²) in [5.74, 6) is -0.516. The van der Waals surface area contributed by atoms with Gasteiger partial charge in [0.25, 0.3) is 11.5 Å². The number of Topliss-reactive ketones (excluding diaryl/α,β-unsaturated/α-hetero) is 1. The van der Waals surface area contributed by atoms with Gasteiger partial charge < -0.3 is 14.4 Å². The molecule has 266 valence electrons. The summed E-state index contributed by atoms with van der Waals surface area (Å²) in [5.41, 5.74) is -0.582. The lowest BCUT2D eigenvalue weighted by Crippen LogP contribution is -2.50. The first-order valence-electron chi connectivity index (χ1n) is 16.1. The minimum absolute atomic E-state index is 0.0372. The molecule has 6 rings (SSSR count). The number of carbonyl (C=O) groups excluding carboxylic acids is 2. The number of hydrogen-bond acceptors (Lipinski definition) is 9. The van der Waals surface area contributed by atoms with Gasteiger partial charge in [-0.15, -0.1) is 0 Å². The van der Waals surface area contributed by atoms with Crippen molar-refractivity contribution < 1.29 is 36.6 Å². The molecule has 5 aromatic rings. The summed E-state index contributed by atoms with van der Waals surface area (Å²) in [4.78, 5) is 49.9. The second-order valence-electron chi connectivity index (χ2n) is 12.1. The van der Waals surface area contributed by atoms with Gasteiger partial charge in [-0.1, -0.05) is 0 Å². The molecule has 16 heteroatoms. The number of carbonyl (C=O) groups is 2. The number of hydrogen-bond donors (Lipinski definition) is 0. The minimum atomic E-state index is -4.48. The SMILES string of the molecule is CC(C)Oc1ccc(C(=O)Cn2nccn2)cc1-n1c(CN2CCN(C(=O)COc3ccc(C(F)(F)F)cc3)CC2)nc2ccc(F)cc2c1=O. The van der Waals surface area contributed by atoms with E-state index in [-0.39, 0.29) is 65.4 Å². The third kappa shape index (κ3) is 8.23. The Bertz CT molecular complexity index is 2090. The fourth-order valence-electron chi connectivity index (χ4n) is 5.65. The number of nitrogens with zero attached hydrogens (tertiary/aromatic N) is 7. The van der Waals surface area contributed by atoms with Crippen LogP contribution in [0.2, 0.25) is 0 Å². The zero-order valence-corrected chi connectivity index (χ0v) is 27.6. The van der Waals surface area contributed by atoms with E-state index in [2.05, 4.69) is 10.2 Å². The molecule has 0 spiro atoms. The van der Waals surface area contributed by atoms with E-state index < -0.39 is 23.1 Å². The summed E-state index contributed by atoms with van der Waals surface area (Å²) in [5, 5.41) is 8.02. The average molecular weight is 708 g/mol. The van der Waals surface area contributed by atoms with Gasteiger partial charge in [-0.05, 0) is 74.5 Å². The number of alkyl halides is 3. The van der Waals surface area contributed by atoms with Crippen LogP contribution in [0.25, 0.3) is 16.6 Å². The van der Waals surface area contributed by atoms with Crippen molar-refractivity contribution in [3.63, 3.8) is 0 Å². The minimum Gasteiger partial charge on any atom is -0.489 e. The molecule has 1 aliphatic rings. The normalized spacial score (nSPS) is 13.9. The second-order valence-corrected chi connectivity index (χ2v) is 12.1. The van der Waals surface area contributed by atoms with Crippen LogP contribution in [0.5, 0.6) is 11.5 Å². The number of fused-ring (bicyclic) bond motifs is 1. The van der Waals surface area contributed by atoms with Crippen molar-refractivity contribution in [3.05, 3.63) is 106 Å². The summed E-state index contributed by atoms with van der Waals surface area (Å²) in [7, 11) is 0. The zero-order chi connectivity index (χ0) is 36.3. The Morgan fingerprint density at radius 2 is 1.63 bits per heavy atom. The zero-order valence-electron chi connectivity index (χ0n) is 27.6. The van der Waals surface area contributed by atoms with Crippen LogP contribution in [-0.2, 0) is 24.1 Å². The molecule has 0 radical (unpaired) electrons. The molecule has 1 aliphatic heterocycles. The van der Waals surface area contributed by atoms with Crippen LogP contribution in [0.3, 0.4) is 0 Å². The molecule has 0 N–H and O–H groups in total. The lowest BCUT2D eigenvalue weighted by molar-refractivity contribution is -0.138. The highest BCUT2D eigenvalue weighted by molar-refractivity contribution is 5.96. The van der Waals surface area contributed by atoms with Crippen LogP contribution in [0.1, 0.15) is 35.6 Å². The van der Waals surface area contributed by atoms with Gasteiger partial charge in [-0.3, -0.25) is 23.9 Å². The van der Waals surface area contributed by atoms with Gasteiger partial charge in [-0.25, -0.2) is 9.37 Å². The Morgan fingerprint density at radius 1 is 0.922 bits per heavy atom. The lowest BCUT2D eigenvalue weighted by Gasteiger charge is -2.34. The fourth-order valence-corrected chi connectivity index (χ4v) is 5.65. The summed E-state index contributed by atoms with van der Waals surface area (Å²) >= 11 is 0. The standard InChI is InChI=1S/C35H33F4N7O5/c1-22(2)51-31-10-3-23(30(47)19-45-40-11-12-41-45)17-29(31)46-32(42-28-9-6-25(36)18-27(28)34(46)49)20-43-13-15-44(16-14-43)33(48)21-50-26-7-4-24(5-8-26)35(37,38)39/h3-12,17-18,22H,13-16,19-21H2,1-2H3. The highest BCUT2D eigenvalue weighted by atomic mass is 19.4. The van der Waals surface area contributed by atoms with Gasteiger partial charge in [0, 0.05) is 31.7 Å². The molecule has 1 amide bonds. The van der Waals surface area contributed by atoms with Crippen molar-refractivity contribution in [2.24, 2.45) is 0 Å². The first-order chi connectivity index (χ1) is 24.4. The molecular formula is C35H33F4N7O5. The fraction of sp³-hybridized carbons (Fsp3) is 0.314. The molecule has 0 unspecified atom stereocenters. The lowest BCUT2D eigenvalue weighted by atomic mass is 10.1. The molecule has 1 saturated heterocycles. The number of aromatic nitrogens is 5. The number of halogens is 4. The summed E-state index contributed by atoms with van der Waals surface area (Å²) in [6.45, 7) is 4.72. The number of benzene rings is 3. The van der Waals surface area contributed by atoms with E-state index in [9.17, 15) is 31.9 Å². The Kier molecular flexibility index (Phi) is 10.1. The summed E-state index contributed by atoms with van der Waals surface area (Å²) in [6, 6.07) is 12.6. The summed E-state index contributed by atoms with van der Waals surface area (Å²) in [6.07, 6.45) is -1.86. The number of ether oxygens (including phenoxy) is 2. The van der Waals surface area contributed by atoms with E-state index in [1.807, 2.05) is 18.7 Å². The first kappa shape index (κ1) is 35.2. The molecule has 3 aromatic carbocycles. The van der Waals surface area contributed by atoms with Gasteiger partial charge >= 0.3 is 6.18 Å². The molecule has 0 aliphatic carbocycles. The predicted octanol–water partition coefficient (Wildman–Crippen LogP) is 4.53. The average Bonchev–Trinajstić information content (AvgIpc) is 3.61. The van der Waals surface area contributed by atoms with Crippen molar-refractivity contribution in [3.8, 4) is 17.2 Å². The van der Waals surface area contributed by atoms with E-state index in [1.165, 1.54) is 52.1 Å². The molecule has 2 aromatic heterocycles. The number of piperazine rings is 1. The maximum Gasteiger partial charge on any atom is 0.416 e. The van der Waals surface area contributed by atoms with Gasteiger partial charge in [0.05, 0.1) is 47.2 Å². The third-order valence-corrected chi connectivity index (χ3v) is 8.17. The van der Waals surface area contributed by atoms with Crippen LogP contribution < -0.4 is 15.0 Å². The van der Waals surface area contributed by atoms with Crippen molar-refractivity contribution >= 4 is 22.6 Å². The largest absolute Gasteiger partial charge is 0.489 e. The van der Waals surface area contributed by atoms with E-state index in [0.29, 0.717) is 37.8 Å². The Morgan fingerprint density at radius 3 is 2.29 bits per heavy atom. The summed E-state index contributed by atoms with van der Waals surface area (Å²) < 4.78 is 65.8. The van der Waals surface area contributed by atoms with Crippen molar-refractivity contribution in [1.29, 1.82) is 0 Å². The van der Waals surface area contributed by atoms with E-state index in [0.717, 1.165) is 18.2 Å². The Labute approximate surface area is 288 Å². The van der Waals surface area contributed by atoms with Crippen LogP contribution in [-0.4, -0.2) is 84.9 Å². The van der Waals surface area contributed by atoms with Crippen LogP contribution in [0, 0.1) is 5.82 Å². The van der Waals surface area contributed by atoms with Crippen molar-refractivity contribution in [2.45, 2.75) is 39.2 Å². The Balaban J connectivity index is 1.24. The van der Waals surface area contributed by atoms with Gasteiger partial charge in [0.2, 0.25) is 0 Å². The second kappa shape index (κ2) is 14.7. The van der Waals surface area contributed by atoms with E-state index >= 15 is 0 Å². The maximum atomic E-state index is 14.4. The topological polar surface area (TPSA) is 125 Å². The van der Waals surface area contributed by atoms with Crippen molar-refractivity contribution in [1.82, 2.24) is 34.3 Å². The van der Waals surface area contributed by atoms with E-state index in [4.69, 9.17) is 14.5 Å². The van der Waals surface area contributed by atoms with Gasteiger partial charge in [0.15, 0.2) is 12.4 Å². The molecule has 0 saturated carbocycles. The number of rotatable bonds is 11. The molecule has 1 fully saturated rings. The van der Waals surface area contributed by atoms with Crippen LogP contribution in [0.4, 0.5) is 17.6 Å². The molecule has 0 atom stereocenters. The first-order valence-corrected chi connectivity index (χ1v) is 16.1. The van der Waals surface area contributed by atoms with Gasteiger partial charge in [-0.2, -0.15) is 28.2 Å². The Hall–Kier alpha value is -5.64. The van der Waals surface area contributed by atoms with Crippen molar-refractivity contribution in [2.75, 3.05) is 32.8 Å². The molecule has 0 bridgehead atoms. The number of amides is 1. The maximum absolute atomic E-state index is 14.4. The molecular weight excluding hydrogens is 674 g/mol. The smallest absolute Gasteiger partial charge is 0.416 e. The molecule has 3 heterocycles. The van der Waals surface area contributed by atoms with Crippen LogP contribution in [0.15, 0.2) is 77.9 Å². The van der Waals surface area contributed by atoms with Gasteiger partial charge in [0.1, 0.15) is 29.7 Å². The molecule has 51 heavy (non-hydrogen) atoms. The highest BCUT2D eigenvalue weighted by Gasteiger charge is 2.30. The monoisotopic (exact) mass is 707 g/mol. The molecule has 12 nitrogen and oxygen atoms in total. The third-order valence-electron chi connectivity index (χ3n) is 8.17. The predicted molar refractivity (Wildman–Crippen MR) is 176 cm³/mol. The van der Waals surface area contributed by atoms with Crippen LogP contribution >= 0.6 is 0 Å². The van der Waals surface area contributed by atoms with E-state index in [1.54, 1.807) is 17.0 Å². The number of ketones is 1. The quantitative estimate of drug-likeness (QED) is 0.144. The highest BCUT2D eigenvalue weighted by Crippen LogP contribution is 2.31.